The molecule has 1 unspecified atom stereocenters. The second-order valence-electron chi connectivity index (χ2n) is 13.8. The lowest BCUT2D eigenvalue weighted by Crippen LogP contribution is -2.49. The predicted molar refractivity (Wildman–Crippen MR) is 201 cm³/mol. The van der Waals surface area contributed by atoms with Gasteiger partial charge in [0.15, 0.2) is 0 Å². The molecule has 1 saturated heterocycles. The summed E-state index contributed by atoms with van der Waals surface area (Å²) in [6.07, 6.45) is 3.75. The van der Waals surface area contributed by atoms with E-state index >= 15 is 0 Å². The first-order valence-electron chi connectivity index (χ1n) is 17.6. The second kappa shape index (κ2) is 18.1. The standard InChI is InChI=1S/C41H49ClN4O6/c1-28-32(24-50-14-13-46-12-11-35(49)22-46)7-5-9-36(28)37-10-6-8-33(29(37)2)25-52-40-17-39(51-23-31-15-30(18-43)19-44-20-31)34(16-38(40)42)21-45(4)41(3,26-47)27-48/h5-10,15-17,19-20,35,47-49H,11-14,21-27H2,1-4H3. The van der Waals surface area contributed by atoms with Gasteiger partial charge in [-0.15, -0.1) is 0 Å². The van der Waals surface area contributed by atoms with E-state index in [-0.39, 0.29) is 32.5 Å². The number of aliphatic hydroxyl groups excluding tert-OH is 3. The van der Waals surface area contributed by atoms with Gasteiger partial charge in [-0.3, -0.25) is 14.8 Å². The highest BCUT2D eigenvalue weighted by Crippen LogP contribution is 2.36. The number of benzene rings is 3. The van der Waals surface area contributed by atoms with Crippen LogP contribution in [0.5, 0.6) is 11.5 Å². The summed E-state index contributed by atoms with van der Waals surface area (Å²) in [4.78, 5) is 8.23. The van der Waals surface area contributed by atoms with Crippen LogP contribution in [0.2, 0.25) is 5.02 Å². The quantitative estimate of drug-likeness (QED) is 0.115. The Kier molecular flexibility index (Phi) is 13.7. The molecule has 0 saturated carbocycles. The number of hydrogen-bond acceptors (Lipinski definition) is 10. The Bertz CT molecular complexity index is 1860. The molecule has 11 heteroatoms. The number of aromatic nitrogens is 1. The third kappa shape index (κ3) is 9.68. The average Bonchev–Trinajstić information content (AvgIpc) is 3.58. The van der Waals surface area contributed by atoms with Gasteiger partial charge in [-0.1, -0.05) is 48.0 Å². The number of aliphatic hydroxyl groups is 3. The molecule has 1 fully saturated rings. The van der Waals surface area contributed by atoms with Gasteiger partial charge in [0.25, 0.3) is 0 Å². The predicted octanol–water partition coefficient (Wildman–Crippen LogP) is 5.81. The molecule has 1 atom stereocenters. The van der Waals surface area contributed by atoms with Crippen molar-refractivity contribution in [1.82, 2.24) is 14.8 Å². The van der Waals surface area contributed by atoms with E-state index in [1.54, 1.807) is 31.3 Å². The van der Waals surface area contributed by atoms with Crippen molar-refractivity contribution >= 4 is 11.6 Å². The lowest BCUT2D eigenvalue weighted by molar-refractivity contribution is 0.0104. The lowest BCUT2D eigenvalue weighted by Gasteiger charge is -2.36. The van der Waals surface area contributed by atoms with Gasteiger partial charge in [0.1, 0.15) is 30.8 Å². The molecular weight excluding hydrogens is 680 g/mol. The Hall–Kier alpha value is -4.05. The Morgan fingerprint density at radius 3 is 2.25 bits per heavy atom. The number of halogens is 1. The van der Waals surface area contributed by atoms with Crippen molar-refractivity contribution < 1.29 is 29.5 Å². The van der Waals surface area contributed by atoms with Gasteiger partial charge in [0.05, 0.1) is 48.7 Å². The summed E-state index contributed by atoms with van der Waals surface area (Å²) in [5, 5.41) is 39.5. The van der Waals surface area contributed by atoms with Crippen molar-refractivity contribution in [3.8, 4) is 28.7 Å². The molecule has 3 aromatic carbocycles. The van der Waals surface area contributed by atoms with Crippen LogP contribution < -0.4 is 9.47 Å². The van der Waals surface area contributed by atoms with Crippen molar-refractivity contribution in [2.24, 2.45) is 0 Å². The molecule has 10 nitrogen and oxygen atoms in total. The number of hydrogen-bond donors (Lipinski definition) is 3. The second-order valence-corrected chi connectivity index (χ2v) is 14.2. The smallest absolute Gasteiger partial charge is 0.142 e. The van der Waals surface area contributed by atoms with E-state index in [0.717, 1.165) is 58.5 Å². The van der Waals surface area contributed by atoms with E-state index in [0.29, 0.717) is 48.4 Å². The maximum Gasteiger partial charge on any atom is 0.142 e. The first kappa shape index (κ1) is 39.2. The van der Waals surface area contributed by atoms with E-state index in [2.05, 4.69) is 54.1 Å². The highest BCUT2D eigenvalue weighted by Gasteiger charge is 2.29. The van der Waals surface area contributed by atoms with Crippen LogP contribution in [0, 0.1) is 25.2 Å². The van der Waals surface area contributed by atoms with Crippen molar-refractivity contribution in [3.05, 3.63) is 111 Å². The number of pyridine rings is 1. The molecule has 4 aromatic rings. The normalized spacial score (nSPS) is 14.9. The summed E-state index contributed by atoms with van der Waals surface area (Å²) < 4.78 is 18.7. The fraction of sp³-hybridized carbons (Fsp3) is 0.415. The van der Waals surface area contributed by atoms with Gasteiger partial charge in [0, 0.05) is 55.8 Å². The summed E-state index contributed by atoms with van der Waals surface area (Å²) in [5.74, 6) is 0.965. The molecule has 0 spiro atoms. The number of β-amino-alcohol motifs (C(OH)–C–C–N with tert-alkyl or cyclic N) is 1. The molecule has 1 aliphatic heterocycles. The zero-order valence-corrected chi connectivity index (χ0v) is 31.2. The Morgan fingerprint density at radius 1 is 0.942 bits per heavy atom. The molecule has 0 aliphatic carbocycles. The van der Waals surface area contributed by atoms with Gasteiger partial charge in [-0.25, -0.2) is 0 Å². The van der Waals surface area contributed by atoms with Crippen molar-refractivity contribution in [3.63, 3.8) is 0 Å². The molecular formula is C41H49ClN4O6. The van der Waals surface area contributed by atoms with Gasteiger partial charge in [-0.05, 0) is 79.8 Å². The minimum Gasteiger partial charge on any atom is -0.488 e. The van der Waals surface area contributed by atoms with E-state index in [9.17, 15) is 20.6 Å². The fourth-order valence-electron chi connectivity index (χ4n) is 6.28. The molecule has 0 radical (unpaired) electrons. The monoisotopic (exact) mass is 728 g/mol. The summed E-state index contributed by atoms with van der Waals surface area (Å²) in [6.45, 7) is 9.86. The van der Waals surface area contributed by atoms with Crippen molar-refractivity contribution in [2.45, 2.75) is 65.2 Å². The van der Waals surface area contributed by atoms with Crippen LogP contribution in [0.3, 0.4) is 0 Å². The number of likely N-dealkylation sites (tertiary alicyclic amines) is 1. The molecule has 0 amide bonds. The maximum atomic E-state index is 9.98. The van der Waals surface area contributed by atoms with E-state index in [4.69, 9.17) is 25.8 Å². The largest absolute Gasteiger partial charge is 0.488 e. The lowest BCUT2D eigenvalue weighted by atomic mass is 9.92. The first-order valence-corrected chi connectivity index (χ1v) is 17.9. The van der Waals surface area contributed by atoms with Crippen LogP contribution in [0.25, 0.3) is 11.1 Å². The van der Waals surface area contributed by atoms with Crippen LogP contribution in [0.15, 0.2) is 67.0 Å². The van der Waals surface area contributed by atoms with E-state index in [1.807, 2.05) is 24.1 Å². The van der Waals surface area contributed by atoms with E-state index < -0.39 is 5.54 Å². The summed E-state index contributed by atoms with van der Waals surface area (Å²) >= 11 is 6.82. The topological polar surface area (TPSA) is 132 Å². The number of nitriles is 1. The molecule has 1 aromatic heterocycles. The highest BCUT2D eigenvalue weighted by molar-refractivity contribution is 6.32. The number of rotatable bonds is 17. The number of ether oxygens (including phenoxy) is 3. The van der Waals surface area contributed by atoms with Gasteiger partial charge >= 0.3 is 0 Å². The molecule has 1 aliphatic rings. The minimum atomic E-state index is -0.865. The third-order valence-corrected chi connectivity index (χ3v) is 10.4. The number of likely N-dealkylation sites (N-methyl/N-ethyl adjacent to an activating group) is 1. The maximum absolute atomic E-state index is 9.98. The highest BCUT2D eigenvalue weighted by atomic mass is 35.5. The van der Waals surface area contributed by atoms with Crippen molar-refractivity contribution in [2.75, 3.05) is 46.5 Å². The zero-order chi connectivity index (χ0) is 37.3. The van der Waals surface area contributed by atoms with Gasteiger partial charge < -0.3 is 29.5 Å². The number of nitrogens with zero attached hydrogens (tertiary/aromatic N) is 4. The SMILES string of the molecule is Cc1c(COCCN2CCC(O)C2)cccc1-c1cccc(COc2cc(OCc3cncc(C#N)c3)c(CN(C)C(C)(CO)CO)cc2Cl)c1C. The molecule has 0 bridgehead atoms. The fourth-order valence-corrected chi connectivity index (χ4v) is 6.52. The summed E-state index contributed by atoms with van der Waals surface area (Å²) in [7, 11) is 1.82. The minimum absolute atomic E-state index is 0.158. The first-order chi connectivity index (χ1) is 25.0. The summed E-state index contributed by atoms with van der Waals surface area (Å²) in [6, 6.07) is 19.9. The van der Waals surface area contributed by atoms with Crippen LogP contribution >= 0.6 is 11.6 Å². The van der Waals surface area contributed by atoms with Crippen LogP contribution in [0.4, 0.5) is 0 Å². The molecule has 52 heavy (non-hydrogen) atoms. The van der Waals surface area contributed by atoms with E-state index in [1.165, 1.54) is 11.8 Å². The Morgan fingerprint density at radius 2 is 1.62 bits per heavy atom. The zero-order valence-electron chi connectivity index (χ0n) is 30.4. The van der Waals surface area contributed by atoms with Crippen LogP contribution in [0.1, 0.15) is 52.3 Å². The Balaban J connectivity index is 1.33. The third-order valence-electron chi connectivity index (χ3n) is 10.1. The molecule has 2 heterocycles. The van der Waals surface area contributed by atoms with Crippen LogP contribution in [-0.4, -0.2) is 88.2 Å². The van der Waals surface area contributed by atoms with Gasteiger partial charge in [0.2, 0.25) is 0 Å². The average molecular weight is 729 g/mol. The molecule has 3 N–H and O–H groups in total. The molecule has 276 valence electrons. The molecule has 5 rings (SSSR count). The van der Waals surface area contributed by atoms with Gasteiger partial charge in [-0.2, -0.15) is 5.26 Å². The van der Waals surface area contributed by atoms with Crippen LogP contribution in [-0.2, 0) is 31.1 Å². The Labute approximate surface area is 311 Å². The summed E-state index contributed by atoms with van der Waals surface area (Å²) in [5.41, 5.74) is 7.70. The van der Waals surface area contributed by atoms with Crippen molar-refractivity contribution in [1.29, 1.82) is 5.26 Å².